The summed E-state index contributed by atoms with van der Waals surface area (Å²) in [5.41, 5.74) is -0.338. The molecule has 0 radical (unpaired) electrons. The summed E-state index contributed by atoms with van der Waals surface area (Å²) < 4.78 is 5.32. The Morgan fingerprint density at radius 3 is 2.50 bits per heavy atom. The van der Waals surface area contributed by atoms with Crippen molar-refractivity contribution in [2.24, 2.45) is 0 Å². The Labute approximate surface area is 83.7 Å². The van der Waals surface area contributed by atoms with Gasteiger partial charge in [0.1, 0.15) is 5.76 Å². The minimum Gasteiger partial charge on any atom is -0.481 e. The van der Waals surface area contributed by atoms with Crippen molar-refractivity contribution in [3.8, 4) is 0 Å². The van der Waals surface area contributed by atoms with Crippen molar-refractivity contribution < 1.29 is 14.3 Å². The van der Waals surface area contributed by atoms with Gasteiger partial charge in [-0.05, 0) is 25.0 Å². The van der Waals surface area contributed by atoms with Gasteiger partial charge in [-0.15, -0.1) is 0 Å². The normalized spacial score (nSPS) is 11.6. The molecule has 0 fully saturated rings. The number of hydrogen-bond acceptors (Lipinski definition) is 2. The number of aliphatic carboxylic acids is 1. The predicted molar refractivity (Wildman–Crippen MR) is 53.2 cm³/mol. The third kappa shape index (κ3) is 1.97. The third-order valence-corrected chi connectivity index (χ3v) is 2.89. The largest absolute Gasteiger partial charge is 0.481 e. The van der Waals surface area contributed by atoms with E-state index in [0.29, 0.717) is 0 Å². The highest BCUT2D eigenvalue weighted by atomic mass is 16.4. The quantitative estimate of drug-likeness (QED) is 0.787. The molecule has 0 bridgehead atoms. The lowest BCUT2D eigenvalue weighted by Gasteiger charge is -2.27. The Morgan fingerprint density at radius 2 is 2.14 bits per heavy atom. The van der Waals surface area contributed by atoms with Gasteiger partial charge in [-0.1, -0.05) is 13.8 Å². The molecule has 0 atom stereocenters. The zero-order chi connectivity index (χ0) is 10.6. The van der Waals surface area contributed by atoms with E-state index in [1.54, 1.807) is 12.3 Å². The Morgan fingerprint density at radius 1 is 1.50 bits per heavy atom. The van der Waals surface area contributed by atoms with Crippen LogP contribution >= 0.6 is 0 Å². The van der Waals surface area contributed by atoms with Crippen LogP contribution in [-0.2, 0) is 10.2 Å². The fourth-order valence-corrected chi connectivity index (χ4v) is 1.81. The van der Waals surface area contributed by atoms with Crippen LogP contribution in [0, 0.1) is 0 Å². The minimum atomic E-state index is -0.773. The van der Waals surface area contributed by atoms with Gasteiger partial charge >= 0.3 is 5.97 Å². The Kier molecular flexibility index (Phi) is 3.33. The molecule has 0 aliphatic heterocycles. The van der Waals surface area contributed by atoms with Gasteiger partial charge in [-0.3, -0.25) is 4.79 Å². The molecule has 0 spiro atoms. The van der Waals surface area contributed by atoms with Crippen LogP contribution in [0.4, 0.5) is 0 Å². The molecule has 0 aliphatic rings. The number of carbonyl (C=O) groups is 1. The van der Waals surface area contributed by atoms with Gasteiger partial charge in [0.05, 0.1) is 12.7 Å². The van der Waals surface area contributed by atoms with Crippen molar-refractivity contribution in [3.05, 3.63) is 24.2 Å². The molecular weight excluding hydrogens is 180 g/mol. The second-order valence-corrected chi connectivity index (χ2v) is 3.54. The summed E-state index contributed by atoms with van der Waals surface area (Å²) in [5, 5.41) is 8.87. The molecule has 3 nitrogen and oxygen atoms in total. The van der Waals surface area contributed by atoms with Crippen LogP contribution in [0.2, 0.25) is 0 Å². The Balaban J connectivity index is 2.97. The first-order chi connectivity index (χ1) is 6.64. The van der Waals surface area contributed by atoms with Crippen molar-refractivity contribution in [3.63, 3.8) is 0 Å². The SMILES string of the molecule is CCC(CC)(CC(=O)O)c1ccco1. The van der Waals surface area contributed by atoms with E-state index in [-0.39, 0.29) is 11.8 Å². The summed E-state index contributed by atoms with van der Waals surface area (Å²) in [6.07, 6.45) is 3.29. The lowest BCUT2D eigenvalue weighted by Crippen LogP contribution is -2.27. The van der Waals surface area contributed by atoms with Crippen LogP contribution in [0.5, 0.6) is 0 Å². The van der Waals surface area contributed by atoms with Crippen LogP contribution < -0.4 is 0 Å². The first-order valence-corrected chi connectivity index (χ1v) is 4.90. The van der Waals surface area contributed by atoms with Gasteiger partial charge in [0.25, 0.3) is 0 Å². The molecule has 0 unspecified atom stereocenters. The molecule has 1 heterocycles. The molecule has 1 aromatic heterocycles. The average molecular weight is 196 g/mol. The van der Waals surface area contributed by atoms with Crippen LogP contribution in [0.3, 0.4) is 0 Å². The van der Waals surface area contributed by atoms with Crippen molar-refractivity contribution in [2.45, 2.75) is 38.5 Å². The van der Waals surface area contributed by atoms with Crippen molar-refractivity contribution in [2.75, 3.05) is 0 Å². The molecule has 0 saturated heterocycles. The summed E-state index contributed by atoms with van der Waals surface area (Å²) in [6, 6.07) is 3.66. The van der Waals surface area contributed by atoms with E-state index in [9.17, 15) is 4.79 Å². The summed E-state index contributed by atoms with van der Waals surface area (Å²) in [7, 11) is 0. The van der Waals surface area contributed by atoms with Crippen LogP contribution in [0.25, 0.3) is 0 Å². The highest BCUT2D eigenvalue weighted by molar-refractivity contribution is 5.68. The van der Waals surface area contributed by atoms with Gasteiger partial charge in [0.15, 0.2) is 0 Å². The standard InChI is InChI=1S/C11H16O3/c1-3-11(4-2,8-10(12)13)9-6-5-7-14-9/h5-7H,3-4,8H2,1-2H3,(H,12,13). The van der Waals surface area contributed by atoms with Crippen LogP contribution in [0.15, 0.2) is 22.8 Å². The van der Waals surface area contributed by atoms with Crippen molar-refractivity contribution in [1.29, 1.82) is 0 Å². The first kappa shape index (κ1) is 10.8. The van der Waals surface area contributed by atoms with Gasteiger partial charge in [0.2, 0.25) is 0 Å². The maximum atomic E-state index is 10.8. The number of rotatable bonds is 5. The van der Waals surface area contributed by atoms with Gasteiger partial charge in [-0.25, -0.2) is 0 Å². The summed E-state index contributed by atoms with van der Waals surface area (Å²) in [5.74, 6) is 0.00926. The lowest BCUT2D eigenvalue weighted by molar-refractivity contribution is -0.138. The van der Waals surface area contributed by atoms with Crippen molar-refractivity contribution in [1.82, 2.24) is 0 Å². The van der Waals surface area contributed by atoms with E-state index >= 15 is 0 Å². The highest BCUT2D eigenvalue weighted by Gasteiger charge is 2.33. The molecule has 0 amide bonds. The Bertz CT molecular complexity index is 283. The van der Waals surface area contributed by atoms with Crippen LogP contribution in [0.1, 0.15) is 38.9 Å². The van der Waals surface area contributed by atoms with Crippen molar-refractivity contribution >= 4 is 5.97 Å². The van der Waals surface area contributed by atoms with E-state index in [1.807, 2.05) is 19.9 Å². The molecule has 3 heteroatoms. The first-order valence-electron chi connectivity index (χ1n) is 4.90. The average Bonchev–Trinajstić information content (AvgIpc) is 2.67. The summed E-state index contributed by atoms with van der Waals surface area (Å²) >= 11 is 0. The summed E-state index contributed by atoms with van der Waals surface area (Å²) in [6.45, 7) is 3.99. The highest BCUT2D eigenvalue weighted by Crippen LogP contribution is 2.35. The monoisotopic (exact) mass is 196 g/mol. The fraction of sp³-hybridized carbons (Fsp3) is 0.545. The molecule has 1 aromatic rings. The van der Waals surface area contributed by atoms with Gasteiger partial charge in [-0.2, -0.15) is 0 Å². The predicted octanol–water partition coefficient (Wildman–Crippen LogP) is 2.81. The lowest BCUT2D eigenvalue weighted by atomic mass is 9.77. The van der Waals surface area contributed by atoms with E-state index in [1.165, 1.54) is 0 Å². The molecule has 0 aromatic carbocycles. The summed E-state index contributed by atoms with van der Waals surface area (Å²) in [4.78, 5) is 10.8. The van der Waals surface area contributed by atoms with E-state index in [2.05, 4.69) is 0 Å². The maximum absolute atomic E-state index is 10.8. The second kappa shape index (κ2) is 4.31. The third-order valence-electron chi connectivity index (χ3n) is 2.89. The van der Waals surface area contributed by atoms with E-state index < -0.39 is 5.97 Å². The van der Waals surface area contributed by atoms with Gasteiger partial charge in [0, 0.05) is 5.41 Å². The zero-order valence-corrected chi connectivity index (χ0v) is 8.62. The second-order valence-electron chi connectivity index (χ2n) is 3.54. The van der Waals surface area contributed by atoms with Crippen LogP contribution in [-0.4, -0.2) is 11.1 Å². The number of carboxylic acid groups (broad SMARTS) is 1. The topological polar surface area (TPSA) is 50.4 Å². The molecular formula is C11H16O3. The molecule has 1 rings (SSSR count). The number of hydrogen-bond donors (Lipinski definition) is 1. The Hall–Kier alpha value is -1.25. The molecule has 0 saturated carbocycles. The molecule has 0 aliphatic carbocycles. The smallest absolute Gasteiger partial charge is 0.304 e. The minimum absolute atomic E-state index is 0.132. The molecule has 78 valence electrons. The maximum Gasteiger partial charge on any atom is 0.304 e. The van der Waals surface area contributed by atoms with E-state index in [4.69, 9.17) is 9.52 Å². The fourth-order valence-electron chi connectivity index (χ4n) is 1.81. The molecule has 14 heavy (non-hydrogen) atoms. The molecule has 1 N–H and O–H groups in total. The van der Waals surface area contributed by atoms with E-state index in [0.717, 1.165) is 18.6 Å². The number of carboxylic acids is 1. The number of furan rings is 1. The van der Waals surface area contributed by atoms with Gasteiger partial charge < -0.3 is 9.52 Å². The zero-order valence-electron chi connectivity index (χ0n) is 8.62.